The molecule has 0 aromatic heterocycles. The number of hydrogen-bond acceptors (Lipinski definition) is 4. The molecule has 1 aliphatic heterocycles. The number of halogens is 2. The summed E-state index contributed by atoms with van der Waals surface area (Å²) in [5.41, 5.74) is 0.444. The van der Waals surface area contributed by atoms with Gasteiger partial charge in [-0.3, -0.25) is 14.9 Å². The first-order valence-electron chi connectivity index (χ1n) is 7.65. The number of carbonyl (C=O) groups excluding carboxylic acids is 1. The van der Waals surface area contributed by atoms with Gasteiger partial charge in [0.05, 0.1) is 4.92 Å². The summed E-state index contributed by atoms with van der Waals surface area (Å²) in [6.45, 7) is 1.89. The van der Waals surface area contributed by atoms with E-state index in [0.29, 0.717) is 0 Å². The fraction of sp³-hybridized carbons (Fsp3) is 0.235. The van der Waals surface area contributed by atoms with E-state index in [1.54, 1.807) is 19.1 Å². The molecule has 2 aromatic carbocycles. The number of carbonyl (C=O) groups is 1. The van der Waals surface area contributed by atoms with Crippen LogP contribution in [0.3, 0.4) is 0 Å². The Labute approximate surface area is 142 Å². The average molecular weight is 347 g/mol. The lowest BCUT2D eigenvalue weighted by Gasteiger charge is -2.19. The summed E-state index contributed by atoms with van der Waals surface area (Å²) < 4.78 is 27.8. The molecule has 1 amide bonds. The minimum atomic E-state index is -0.824. The Kier molecular flexibility index (Phi) is 4.35. The van der Waals surface area contributed by atoms with Gasteiger partial charge in [-0.15, -0.1) is 0 Å². The van der Waals surface area contributed by atoms with E-state index in [9.17, 15) is 23.7 Å². The fourth-order valence-corrected chi connectivity index (χ4v) is 2.90. The Morgan fingerprint density at radius 2 is 1.92 bits per heavy atom. The van der Waals surface area contributed by atoms with E-state index in [2.05, 4.69) is 5.32 Å². The van der Waals surface area contributed by atoms with Crippen LogP contribution in [0.1, 0.15) is 12.0 Å². The smallest absolute Gasteiger partial charge is 0.292 e. The molecule has 1 aliphatic rings. The number of rotatable bonds is 4. The first-order valence-corrected chi connectivity index (χ1v) is 7.65. The Hall–Kier alpha value is -3.03. The standard InChI is InChI=1S/C17H15F2N3O3/c1-10-5-6-15(22(24)25)14(9-10)20-13-7-8-21(17(13)23)16-11(18)3-2-4-12(16)19/h2-6,9,13,20H,7-8H2,1H3. The topological polar surface area (TPSA) is 75.5 Å². The normalized spacial score (nSPS) is 17.0. The summed E-state index contributed by atoms with van der Waals surface area (Å²) >= 11 is 0. The maximum absolute atomic E-state index is 13.9. The number of anilines is 2. The van der Waals surface area contributed by atoms with Gasteiger partial charge >= 0.3 is 0 Å². The van der Waals surface area contributed by atoms with Crippen LogP contribution in [0.4, 0.5) is 25.8 Å². The predicted octanol–water partition coefficient (Wildman–Crippen LogP) is 3.40. The van der Waals surface area contributed by atoms with Gasteiger partial charge in [0.1, 0.15) is 29.1 Å². The summed E-state index contributed by atoms with van der Waals surface area (Å²) in [5.74, 6) is -2.18. The SMILES string of the molecule is Cc1ccc([N+](=O)[O-])c(NC2CCN(c3c(F)cccc3F)C2=O)c1. The van der Waals surface area contributed by atoms with Crippen molar-refractivity contribution in [2.45, 2.75) is 19.4 Å². The van der Waals surface area contributed by atoms with Gasteiger partial charge in [0.25, 0.3) is 5.69 Å². The van der Waals surface area contributed by atoms with Crippen molar-refractivity contribution in [2.75, 3.05) is 16.8 Å². The van der Waals surface area contributed by atoms with Crippen LogP contribution in [0, 0.1) is 28.7 Å². The molecule has 8 heteroatoms. The number of nitrogens with zero attached hydrogens (tertiary/aromatic N) is 2. The predicted molar refractivity (Wildman–Crippen MR) is 88.6 cm³/mol. The van der Waals surface area contributed by atoms with Crippen LogP contribution >= 0.6 is 0 Å². The molecule has 0 aliphatic carbocycles. The molecular formula is C17H15F2N3O3. The Balaban J connectivity index is 1.87. The summed E-state index contributed by atoms with van der Waals surface area (Å²) in [4.78, 5) is 24.2. The van der Waals surface area contributed by atoms with Gasteiger partial charge in [-0.25, -0.2) is 8.78 Å². The molecule has 25 heavy (non-hydrogen) atoms. The third-order valence-electron chi connectivity index (χ3n) is 4.09. The second-order valence-corrected chi connectivity index (χ2v) is 5.82. The molecule has 1 unspecified atom stereocenters. The lowest BCUT2D eigenvalue weighted by Crippen LogP contribution is -2.34. The molecule has 6 nitrogen and oxygen atoms in total. The van der Waals surface area contributed by atoms with Crippen LogP contribution in [-0.2, 0) is 4.79 Å². The third kappa shape index (κ3) is 3.15. The molecule has 0 bridgehead atoms. The van der Waals surface area contributed by atoms with E-state index in [1.807, 2.05) is 0 Å². The molecule has 2 aromatic rings. The van der Waals surface area contributed by atoms with Crippen molar-refractivity contribution in [2.24, 2.45) is 0 Å². The minimum absolute atomic E-state index is 0.119. The van der Waals surface area contributed by atoms with Crippen molar-refractivity contribution < 1.29 is 18.5 Å². The highest BCUT2D eigenvalue weighted by Gasteiger charge is 2.36. The van der Waals surface area contributed by atoms with Gasteiger partial charge in [-0.2, -0.15) is 0 Å². The molecule has 0 radical (unpaired) electrons. The number of nitrogens with one attached hydrogen (secondary N) is 1. The molecule has 1 saturated heterocycles. The maximum atomic E-state index is 13.9. The molecule has 1 N–H and O–H groups in total. The lowest BCUT2D eigenvalue weighted by atomic mass is 10.1. The summed E-state index contributed by atoms with van der Waals surface area (Å²) in [7, 11) is 0. The molecular weight excluding hydrogens is 332 g/mol. The maximum Gasteiger partial charge on any atom is 0.292 e. The van der Waals surface area contributed by atoms with Gasteiger partial charge < -0.3 is 10.2 Å². The second-order valence-electron chi connectivity index (χ2n) is 5.82. The molecule has 1 atom stereocenters. The highest BCUT2D eigenvalue weighted by atomic mass is 19.1. The number of aryl methyl sites for hydroxylation is 1. The quantitative estimate of drug-likeness (QED) is 0.679. The van der Waals surface area contributed by atoms with Crippen LogP contribution in [0.2, 0.25) is 0 Å². The summed E-state index contributed by atoms with van der Waals surface area (Å²) in [6.07, 6.45) is 0.275. The van der Waals surface area contributed by atoms with Crippen LogP contribution in [0.15, 0.2) is 36.4 Å². The number of hydrogen-bond donors (Lipinski definition) is 1. The van der Waals surface area contributed by atoms with Crippen molar-refractivity contribution in [1.29, 1.82) is 0 Å². The van der Waals surface area contributed by atoms with Gasteiger partial charge in [0, 0.05) is 12.6 Å². The molecule has 3 rings (SSSR count). The summed E-state index contributed by atoms with van der Waals surface area (Å²) in [5, 5.41) is 14.0. The van der Waals surface area contributed by atoms with Crippen LogP contribution in [-0.4, -0.2) is 23.4 Å². The highest BCUT2D eigenvalue weighted by Crippen LogP contribution is 2.31. The fourth-order valence-electron chi connectivity index (χ4n) is 2.90. The third-order valence-corrected chi connectivity index (χ3v) is 4.09. The van der Waals surface area contributed by atoms with Crippen molar-refractivity contribution in [1.82, 2.24) is 0 Å². The number of amides is 1. The van der Waals surface area contributed by atoms with E-state index in [1.165, 1.54) is 12.1 Å². The van der Waals surface area contributed by atoms with Crippen molar-refractivity contribution in [3.05, 3.63) is 63.7 Å². The lowest BCUT2D eigenvalue weighted by molar-refractivity contribution is -0.384. The Bertz CT molecular complexity index is 837. The monoisotopic (exact) mass is 347 g/mol. The molecule has 1 heterocycles. The van der Waals surface area contributed by atoms with Gasteiger partial charge in [-0.1, -0.05) is 12.1 Å². The number of nitro groups is 1. The van der Waals surface area contributed by atoms with Crippen molar-refractivity contribution >= 4 is 23.0 Å². The second kappa shape index (κ2) is 6.46. The zero-order valence-electron chi connectivity index (χ0n) is 13.3. The Morgan fingerprint density at radius 1 is 1.24 bits per heavy atom. The highest BCUT2D eigenvalue weighted by molar-refractivity contribution is 6.01. The van der Waals surface area contributed by atoms with E-state index in [0.717, 1.165) is 22.6 Å². The first kappa shape index (κ1) is 16.8. The van der Waals surface area contributed by atoms with Crippen LogP contribution < -0.4 is 10.2 Å². The number of nitro benzene ring substituents is 1. The molecule has 0 saturated carbocycles. The zero-order valence-corrected chi connectivity index (χ0v) is 13.3. The van der Waals surface area contributed by atoms with Gasteiger partial charge in [0.15, 0.2) is 0 Å². The largest absolute Gasteiger partial charge is 0.368 e. The first-order chi connectivity index (χ1) is 11.9. The Morgan fingerprint density at radius 3 is 2.56 bits per heavy atom. The minimum Gasteiger partial charge on any atom is -0.368 e. The van der Waals surface area contributed by atoms with Crippen molar-refractivity contribution in [3.63, 3.8) is 0 Å². The van der Waals surface area contributed by atoms with E-state index in [-0.39, 0.29) is 24.3 Å². The number of benzene rings is 2. The summed E-state index contributed by atoms with van der Waals surface area (Å²) in [6, 6.07) is 7.11. The molecule has 0 spiro atoms. The van der Waals surface area contributed by atoms with Gasteiger partial charge in [-0.05, 0) is 37.1 Å². The van der Waals surface area contributed by atoms with Crippen molar-refractivity contribution in [3.8, 4) is 0 Å². The van der Waals surface area contributed by atoms with Crippen LogP contribution in [0.25, 0.3) is 0 Å². The number of para-hydroxylation sites is 1. The average Bonchev–Trinajstić information content (AvgIpc) is 2.88. The molecule has 1 fully saturated rings. The zero-order chi connectivity index (χ0) is 18.1. The molecule has 130 valence electrons. The van der Waals surface area contributed by atoms with E-state index >= 15 is 0 Å². The van der Waals surface area contributed by atoms with E-state index in [4.69, 9.17) is 0 Å². The van der Waals surface area contributed by atoms with Gasteiger partial charge in [0.2, 0.25) is 5.91 Å². The van der Waals surface area contributed by atoms with E-state index < -0.39 is 34.2 Å². The van der Waals surface area contributed by atoms with Crippen LogP contribution in [0.5, 0.6) is 0 Å².